The number of benzene rings is 1. The van der Waals surface area contributed by atoms with Crippen LogP contribution < -0.4 is 5.32 Å². The van der Waals surface area contributed by atoms with Gasteiger partial charge in [-0.1, -0.05) is 29.3 Å². The van der Waals surface area contributed by atoms with Gasteiger partial charge in [0.2, 0.25) is 11.8 Å². The van der Waals surface area contributed by atoms with Crippen molar-refractivity contribution in [2.75, 3.05) is 11.9 Å². The number of hydrogen-bond acceptors (Lipinski definition) is 2. The van der Waals surface area contributed by atoms with Gasteiger partial charge in [-0.25, -0.2) is 0 Å². The highest BCUT2D eigenvalue weighted by Gasteiger charge is 2.23. The van der Waals surface area contributed by atoms with E-state index < -0.39 is 6.04 Å². The van der Waals surface area contributed by atoms with Crippen molar-refractivity contribution in [2.24, 2.45) is 0 Å². The first-order valence-corrected chi connectivity index (χ1v) is 6.76. The largest absolute Gasteiger partial charge is 0.327 e. The third-order valence-corrected chi connectivity index (χ3v) is 3.33. The zero-order valence-corrected chi connectivity index (χ0v) is 12.8. The maximum atomic E-state index is 12.2. The molecule has 0 heterocycles. The van der Waals surface area contributed by atoms with E-state index in [9.17, 15) is 9.59 Å². The van der Waals surface area contributed by atoms with Crippen LogP contribution in [0.4, 0.5) is 5.69 Å². The lowest BCUT2D eigenvalue weighted by atomic mass is 10.2. The lowest BCUT2D eigenvalue weighted by molar-refractivity contribution is -0.135. The predicted molar refractivity (Wildman–Crippen MR) is 82.1 cm³/mol. The van der Waals surface area contributed by atoms with Gasteiger partial charge in [0, 0.05) is 18.5 Å². The predicted octanol–water partition coefficient (Wildman–Crippen LogP) is 3.35. The molecule has 4 nitrogen and oxygen atoms in total. The minimum absolute atomic E-state index is 0.204. The molecule has 108 valence electrons. The summed E-state index contributed by atoms with van der Waals surface area (Å²) in [6.45, 7) is 6.91. The molecule has 1 rings (SSSR count). The second-order valence-corrected chi connectivity index (χ2v) is 5.09. The summed E-state index contributed by atoms with van der Waals surface area (Å²) in [5, 5.41) is 3.51. The number of nitrogens with zero attached hydrogens (tertiary/aromatic N) is 1. The number of anilines is 1. The first kappa shape index (κ1) is 16.5. The second-order valence-electron chi connectivity index (χ2n) is 4.25. The van der Waals surface area contributed by atoms with Gasteiger partial charge < -0.3 is 10.2 Å². The van der Waals surface area contributed by atoms with Crippen molar-refractivity contribution in [1.82, 2.24) is 4.90 Å². The maximum absolute atomic E-state index is 12.2. The number of hydrogen-bond donors (Lipinski definition) is 1. The summed E-state index contributed by atoms with van der Waals surface area (Å²) < 4.78 is 0. The van der Waals surface area contributed by atoms with E-state index in [1.807, 2.05) is 0 Å². The Bertz CT molecular complexity index is 532. The molecule has 0 radical (unpaired) electrons. The second kappa shape index (κ2) is 7.31. The summed E-state index contributed by atoms with van der Waals surface area (Å²) in [5.74, 6) is -0.545. The van der Waals surface area contributed by atoms with E-state index in [0.717, 1.165) is 0 Å². The fourth-order valence-electron chi connectivity index (χ4n) is 1.67. The van der Waals surface area contributed by atoms with Crippen LogP contribution in [-0.2, 0) is 9.59 Å². The van der Waals surface area contributed by atoms with E-state index in [1.165, 1.54) is 11.8 Å². The van der Waals surface area contributed by atoms with Gasteiger partial charge in [-0.2, -0.15) is 0 Å². The Morgan fingerprint density at radius 3 is 2.65 bits per heavy atom. The van der Waals surface area contributed by atoms with Crippen LogP contribution in [0.1, 0.15) is 13.8 Å². The maximum Gasteiger partial charge on any atom is 0.246 e. The molecule has 1 aromatic rings. The van der Waals surface area contributed by atoms with Gasteiger partial charge in [-0.05, 0) is 25.1 Å². The quantitative estimate of drug-likeness (QED) is 0.847. The Morgan fingerprint density at radius 2 is 2.10 bits per heavy atom. The molecule has 0 aliphatic carbocycles. The molecule has 0 aromatic heterocycles. The molecular formula is C14H16Cl2N2O2. The molecule has 6 heteroatoms. The first-order valence-electron chi connectivity index (χ1n) is 6.00. The normalized spacial score (nSPS) is 11.6. The van der Waals surface area contributed by atoms with Crippen molar-refractivity contribution in [1.29, 1.82) is 0 Å². The van der Waals surface area contributed by atoms with E-state index in [4.69, 9.17) is 23.2 Å². The molecule has 0 bridgehead atoms. The molecule has 1 aromatic carbocycles. The van der Waals surface area contributed by atoms with Crippen molar-refractivity contribution in [3.05, 3.63) is 40.9 Å². The van der Waals surface area contributed by atoms with Gasteiger partial charge in [-0.15, -0.1) is 6.58 Å². The highest BCUT2D eigenvalue weighted by atomic mass is 35.5. The third kappa shape index (κ3) is 4.25. The van der Waals surface area contributed by atoms with Crippen LogP contribution in [-0.4, -0.2) is 29.3 Å². The molecule has 1 unspecified atom stereocenters. The van der Waals surface area contributed by atoms with E-state index >= 15 is 0 Å². The average molecular weight is 315 g/mol. The highest BCUT2D eigenvalue weighted by Crippen LogP contribution is 2.25. The van der Waals surface area contributed by atoms with Crippen LogP contribution in [0.15, 0.2) is 30.9 Å². The molecule has 0 saturated heterocycles. The topological polar surface area (TPSA) is 49.4 Å². The standard InChI is InChI=1S/C14H16Cl2N2O2/c1-4-7-18(10(3)19)9(2)14(20)17-13-8-11(15)5-6-12(13)16/h4-6,8-9H,1,7H2,2-3H3,(H,17,20). The Morgan fingerprint density at radius 1 is 1.45 bits per heavy atom. The van der Waals surface area contributed by atoms with Gasteiger partial charge in [0.15, 0.2) is 0 Å². The van der Waals surface area contributed by atoms with Gasteiger partial charge in [0.05, 0.1) is 10.7 Å². The summed E-state index contributed by atoms with van der Waals surface area (Å²) in [6, 6.07) is 4.14. The Hall–Kier alpha value is -1.52. The Kier molecular flexibility index (Phi) is 6.05. The van der Waals surface area contributed by atoms with Gasteiger partial charge in [0.1, 0.15) is 6.04 Å². The molecule has 1 N–H and O–H groups in total. The summed E-state index contributed by atoms with van der Waals surface area (Å²) in [6.07, 6.45) is 1.57. The fraction of sp³-hybridized carbons (Fsp3) is 0.286. The van der Waals surface area contributed by atoms with Crippen molar-refractivity contribution >= 4 is 40.7 Å². The summed E-state index contributed by atoms with van der Waals surface area (Å²) in [7, 11) is 0. The minimum atomic E-state index is -0.638. The molecular weight excluding hydrogens is 299 g/mol. The van der Waals surface area contributed by atoms with Crippen LogP contribution >= 0.6 is 23.2 Å². The highest BCUT2D eigenvalue weighted by molar-refractivity contribution is 6.35. The van der Waals surface area contributed by atoms with Crippen LogP contribution in [0.25, 0.3) is 0 Å². The van der Waals surface area contributed by atoms with E-state index in [0.29, 0.717) is 22.3 Å². The van der Waals surface area contributed by atoms with E-state index in [-0.39, 0.29) is 11.8 Å². The molecule has 0 aliphatic heterocycles. The minimum Gasteiger partial charge on any atom is -0.327 e. The average Bonchev–Trinajstić information content (AvgIpc) is 2.39. The van der Waals surface area contributed by atoms with Crippen LogP contribution in [0.3, 0.4) is 0 Å². The number of halogens is 2. The number of rotatable bonds is 5. The van der Waals surface area contributed by atoms with Crippen molar-refractivity contribution in [3.8, 4) is 0 Å². The van der Waals surface area contributed by atoms with Crippen molar-refractivity contribution in [2.45, 2.75) is 19.9 Å². The number of carbonyl (C=O) groups is 2. The smallest absolute Gasteiger partial charge is 0.246 e. The SMILES string of the molecule is C=CCN(C(C)=O)C(C)C(=O)Nc1cc(Cl)ccc1Cl. The lowest BCUT2D eigenvalue weighted by Crippen LogP contribution is -2.44. The molecule has 0 fully saturated rings. The zero-order chi connectivity index (χ0) is 15.3. The summed E-state index contributed by atoms with van der Waals surface area (Å²) in [4.78, 5) is 25.1. The number of amides is 2. The molecule has 20 heavy (non-hydrogen) atoms. The Labute approximate surface area is 128 Å². The zero-order valence-electron chi connectivity index (χ0n) is 11.3. The van der Waals surface area contributed by atoms with Crippen molar-refractivity contribution in [3.63, 3.8) is 0 Å². The van der Waals surface area contributed by atoms with Crippen molar-refractivity contribution < 1.29 is 9.59 Å². The number of nitrogens with one attached hydrogen (secondary N) is 1. The third-order valence-electron chi connectivity index (χ3n) is 2.76. The fourth-order valence-corrected chi connectivity index (χ4v) is 2.01. The van der Waals surface area contributed by atoms with Crippen LogP contribution in [0.5, 0.6) is 0 Å². The molecule has 0 spiro atoms. The first-order chi connectivity index (χ1) is 9.36. The van der Waals surface area contributed by atoms with E-state index in [1.54, 1.807) is 31.2 Å². The molecule has 0 aliphatic rings. The van der Waals surface area contributed by atoms with Gasteiger partial charge in [-0.3, -0.25) is 9.59 Å². The molecule has 0 saturated carbocycles. The summed E-state index contributed by atoms with van der Waals surface area (Å²) in [5.41, 5.74) is 0.415. The van der Waals surface area contributed by atoms with Crippen LogP contribution in [0.2, 0.25) is 10.0 Å². The van der Waals surface area contributed by atoms with E-state index in [2.05, 4.69) is 11.9 Å². The van der Waals surface area contributed by atoms with Gasteiger partial charge >= 0.3 is 0 Å². The lowest BCUT2D eigenvalue weighted by Gasteiger charge is -2.26. The molecule has 1 atom stereocenters. The Balaban J connectivity index is 2.86. The monoisotopic (exact) mass is 314 g/mol. The number of carbonyl (C=O) groups excluding carboxylic acids is 2. The molecule has 2 amide bonds. The summed E-state index contributed by atoms with van der Waals surface area (Å²) >= 11 is 11.8. The van der Waals surface area contributed by atoms with Gasteiger partial charge in [0.25, 0.3) is 0 Å². The van der Waals surface area contributed by atoms with Crippen LogP contribution in [0, 0.1) is 0 Å².